The van der Waals surface area contributed by atoms with E-state index in [0.29, 0.717) is 17.9 Å². The van der Waals surface area contributed by atoms with Crippen LogP contribution < -0.4 is 5.73 Å². The van der Waals surface area contributed by atoms with Crippen molar-refractivity contribution in [3.63, 3.8) is 0 Å². The van der Waals surface area contributed by atoms with Crippen molar-refractivity contribution in [1.29, 1.82) is 0 Å². The van der Waals surface area contributed by atoms with Crippen molar-refractivity contribution in [3.05, 3.63) is 22.6 Å². The number of hydrogen-bond donors (Lipinski definition) is 1. The Morgan fingerprint density at radius 1 is 1.57 bits per heavy atom. The monoisotopic (exact) mass is 256 g/mol. The lowest BCUT2D eigenvalue weighted by atomic mass is 10.4. The first-order valence-electron chi connectivity index (χ1n) is 4.00. The summed E-state index contributed by atoms with van der Waals surface area (Å²) in [5.74, 6) is 0.732. The first kappa shape index (κ1) is 9.42. The van der Waals surface area contributed by atoms with Crippen molar-refractivity contribution < 1.29 is 4.74 Å². The van der Waals surface area contributed by atoms with E-state index in [4.69, 9.17) is 10.5 Å². The molecular formula is C8H9BrN4O. The fourth-order valence-corrected chi connectivity index (χ4v) is 1.71. The van der Waals surface area contributed by atoms with Gasteiger partial charge in [0, 0.05) is 17.8 Å². The standard InChI is InChI=1S/C8H9BrN4O/c1-14-4-7-11-12-8-6(10)2-5(9)3-13(7)8/h2-3H,4,10H2,1H3. The maximum atomic E-state index is 5.77. The first-order chi connectivity index (χ1) is 6.72. The molecule has 2 aromatic heterocycles. The van der Waals surface area contributed by atoms with Gasteiger partial charge in [-0.3, -0.25) is 4.40 Å². The maximum Gasteiger partial charge on any atom is 0.184 e. The summed E-state index contributed by atoms with van der Waals surface area (Å²) in [6.45, 7) is 0.414. The van der Waals surface area contributed by atoms with Gasteiger partial charge in [0.05, 0.1) is 5.69 Å². The van der Waals surface area contributed by atoms with Crippen LogP contribution in [0.15, 0.2) is 16.7 Å². The number of halogens is 1. The van der Waals surface area contributed by atoms with Crippen LogP contribution in [0.2, 0.25) is 0 Å². The van der Waals surface area contributed by atoms with Crippen LogP contribution in [-0.4, -0.2) is 21.7 Å². The first-order valence-corrected chi connectivity index (χ1v) is 4.79. The van der Waals surface area contributed by atoms with Gasteiger partial charge in [0.25, 0.3) is 0 Å². The number of ether oxygens (including phenoxy) is 1. The van der Waals surface area contributed by atoms with Gasteiger partial charge in [-0.1, -0.05) is 0 Å². The highest BCUT2D eigenvalue weighted by Crippen LogP contribution is 2.19. The summed E-state index contributed by atoms with van der Waals surface area (Å²) in [6, 6.07) is 1.79. The molecule has 0 fully saturated rings. The molecule has 2 heterocycles. The molecule has 5 nitrogen and oxygen atoms in total. The lowest BCUT2D eigenvalue weighted by Crippen LogP contribution is -1.98. The summed E-state index contributed by atoms with van der Waals surface area (Å²) < 4.78 is 7.69. The molecule has 0 radical (unpaired) electrons. The molecule has 6 heteroatoms. The third-order valence-corrected chi connectivity index (χ3v) is 2.28. The normalized spacial score (nSPS) is 11.0. The maximum absolute atomic E-state index is 5.77. The molecule has 0 aromatic carbocycles. The third kappa shape index (κ3) is 1.46. The van der Waals surface area contributed by atoms with Gasteiger partial charge in [0.15, 0.2) is 11.5 Å². The predicted octanol–water partition coefficient (Wildman–Crippen LogP) is 1.22. The second-order valence-electron chi connectivity index (χ2n) is 2.86. The molecule has 0 aliphatic carbocycles. The van der Waals surface area contributed by atoms with E-state index in [1.807, 2.05) is 10.6 Å². The number of methoxy groups -OCH3 is 1. The zero-order chi connectivity index (χ0) is 10.1. The van der Waals surface area contributed by atoms with Crippen LogP contribution >= 0.6 is 15.9 Å². The number of nitrogen functional groups attached to an aromatic ring is 1. The van der Waals surface area contributed by atoms with Gasteiger partial charge in [-0.05, 0) is 22.0 Å². The lowest BCUT2D eigenvalue weighted by Gasteiger charge is -2.01. The van der Waals surface area contributed by atoms with Gasteiger partial charge in [0.1, 0.15) is 6.61 Å². The van der Waals surface area contributed by atoms with Crippen molar-refractivity contribution in [1.82, 2.24) is 14.6 Å². The van der Waals surface area contributed by atoms with Gasteiger partial charge < -0.3 is 10.5 Å². The largest absolute Gasteiger partial charge is 0.396 e. The second kappa shape index (κ2) is 3.55. The summed E-state index contributed by atoms with van der Waals surface area (Å²) in [4.78, 5) is 0. The van der Waals surface area contributed by atoms with Crippen LogP contribution in [0.1, 0.15) is 5.82 Å². The quantitative estimate of drug-likeness (QED) is 0.878. The molecular weight excluding hydrogens is 248 g/mol. The zero-order valence-electron chi connectivity index (χ0n) is 7.57. The molecule has 2 rings (SSSR count). The minimum atomic E-state index is 0.414. The van der Waals surface area contributed by atoms with E-state index in [9.17, 15) is 0 Å². The Labute approximate surface area is 89.0 Å². The third-order valence-electron chi connectivity index (χ3n) is 1.84. The minimum Gasteiger partial charge on any atom is -0.396 e. The smallest absolute Gasteiger partial charge is 0.184 e. The number of fused-ring (bicyclic) bond motifs is 1. The van der Waals surface area contributed by atoms with Crippen molar-refractivity contribution in [2.75, 3.05) is 12.8 Å². The lowest BCUT2D eigenvalue weighted by molar-refractivity contribution is 0.177. The highest BCUT2D eigenvalue weighted by molar-refractivity contribution is 9.10. The molecule has 0 aliphatic heterocycles. The Bertz CT molecular complexity index is 468. The molecule has 2 N–H and O–H groups in total. The number of aromatic nitrogens is 3. The van der Waals surface area contributed by atoms with Crippen LogP contribution in [0.3, 0.4) is 0 Å². The van der Waals surface area contributed by atoms with Crippen LogP contribution in [0, 0.1) is 0 Å². The molecule has 0 saturated carbocycles. The molecule has 2 aromatic rings. The van der Waals surface area contributed by atoms with Crippen molar-refractivity contribution in [3.8, 4) is 0 Å². The highest BCUT2D eigenvalue weighted by atomic mass is 79.9. The average molecular weight is 257 g/mol. The van der Waals surface area contributed by atoms with Crippen LogP contribution in [0.4, 0.5) is 5.69 Å². The summed E-state index contributed by atoms with van der Waals surface area (Å²) in [7, 11) is 1.61. The summed E-state index contributed by atoms with van der Waals surface area (Å²) in [5, 5.41) is 7.94. The molecule has 0 spiro atoms. The molecule has 14 heavy (non-hydrogen) atoms. The highest BCUT2D eigenvalue weighted by Gasteiger charge is 2.08. The van der Waals surface area contributed by atoms with Crippen molar-refractivity contribution in [2.24, 2.45) is 0 Å². The Kier molecular flexibility index (Phi) is 2.39. The van der Waals surface area contributed by atoms with Crippen LogP contribution in [0.25, 0.3) is 5.65 Å². The fourth-order valence-electron chi connectivity index (χ4n) is 1.26. The Hall–Kier alpha value is -1.14. The van der Waals surface area contributed by atoms with E-state index < -0.39 is 0 Å². The second-order valence-corrected chi connectivity index (χ2v) is 3.77. The van der Waals surface area contributed by atoms with E-state index in [2.05, 4.69) is 26.1 Å². The van der Waals surface area contributed by atoms with Gasteiger partial charge in [-0.2, -0.15) is 0 Å². The van der Waals surface area contributed by atoms with Crippen molar-refractivity contribution in [2.45, 2.75) is 6.61 Å². The number of nitrogens with zero attached hydrogens (tertiary/aromatic N) is 3. The molecule has 74 valence electrons. The van der Waals surface area contributed by atoms with E-state index in [1.165, 1.54) is 0 Å². The van der Waals surface area contributed by atoms with Crippen LogP contribution in [-0.2, 0) is 11.3 Å². The molecule has 0 unspecified atom stereocenters. The van der Waals surface area contributed by atoms with Crippen molar-refractivity contribution >= 4 is 27.3 Å². The number of rotatable bonds is 2. The zero-order valence-corrected chi connectivity index (χ0v) is 9.15. The topological polar surface area (TPSA) is 65.4 Å². The van der Waals surface area contributed by atoms with E-state index in [1.54, 1.807) is 13.2 Å². The Morgan fingerprint density at radius 2 is 2.36 bits per heavy atom. The number of nitrogens with two attached hydrogens (primary N) is 1. The van der Waals surface area contributed by atoms with Gasteiger partial charge in [-0.15, -0.1) is 10.2 Å². The minimum absolute atomic E-state index is 0.414. The van der Waals surface area contributed by atoms with Crippen LogP contribution in [0.5, 0.6) is 0 Å². The molecule has 0 atom stereocenters. The Morgan fingerprint density at radius 3 is 3.07 bits per heavy atom. The fraction of sp³-hybridized carbons (Fsp3) is 0.250. The van der Waals surface area contributed by atoms with E-state index >= 15 is 0 Å². The average Bonchev–Trinajstić information content (AvgIpc) is 2.49. The summed E-state index contributed by atoms with van der Waals surface area (Å²) in [5.41, 5.74) is 7.02. The van der Waals surface area contributed by atoms with Gasteiger partial charge in [-0.25, -0.2) is 0 Å². The molecule has 0 aliphatic rings. The summed E-state index contributed by atoms with van der Waals surface area (Å²) >= 11 is 3.36. The van der Waals surface area contributed by atoms with E-state index in [0.717, 1.165) is 10.3 Å². The molecule has 0 saturated heterocycles. The molecule has 0 amide bonds. The Balaban J connectivity index is 2.66. The SMILES string of the molecule is COCc1nnc2c(N)cc(Br)cn12. The van der Waals surface area contributed by atoms with Gasteiger partial charge >= 0.3 is 0 Å². The van der Waals surface area contributed by atoms with E-state index in [-0.39, 0.29) is 0 Å². The number of pyridine rings is 1. The molecule has 0 bridgehead atoms. The number of hydrogen-bond acceptors (Lipinski definition) is 4. The number of anilines is 1. The summed E-state index contributed by atoms with van der Waals surface area (Å²) in [6.07, 6.45) is 1.86. The predicted molar refractivity (Wildman–Crippen MR) is 55.8 cm³/mol. The van der Waals surface area contributed by atoms with Gasteiger partial charge in [0.2, 0.25) is 0 Å².